The van der Waals surface area contributed by atoms with E-state index in [2.05, 4.69) is 0 Å². The van der Waals surface area contributed by atoms with Gasteiger partial charge in [-0.25, -0.2) is 12.7 Å². The number of hydrogen-bond donors (Lipinski definition) is 1. The van der Waals surface area contributed by atoms with Crippen LogP contribution in [-0.4, -0.2) is 41.6 Å². The summed E-state index contributed by atoms with van der Waals surface area (Å²) in [5, 5.41) is 9.23. The summed E-state index contributed by atoms with van der Waals surface area (Å²) < 4.78 is 24.9. The van der Waals surface area contributed by atoms with Gasteiger partial charge >= 0.3 is 5.97 Å². The van der Waals surface area contributed by atoms with Gasteiger partial charge in [-0.05, 0) is 33.6 Å². The van der Waals surface area contributed by atoms with Crippen molar-refractivity contribution < 1.29 is 18.3 Å². The van der Waals surface area contributed by atoms with Crippen LogP contribution in [0.1, 0.15) is 40.5 Å². The van der Waals surface area contributed by atoms with Crippen LogP contribution in [0.15, 0.2) is 0 Å². The highest BCUT2D eigenvalue weighted by Gasteiger charge is 2.49. The van der Waals surface area contributed by atoms with E-state index >= 15 is 0 Å². The second-order valence-corrected chi connectivity index (χ2v) is 8.33. The molecule has 1 N–H and O–H groups in total. The molecule has 1 unspecified atom stereocenters. The van der Waals surface area contributed by atoms with Crippen molar-refractivity contribution in [2.24, 2.45) is 5.41 Å². The number of aliphatic carboxylic acids is 1. The summed E-state index contributed by atoms with van der Waals surface area (Å²) in [7, 11) is -3.42. The molecule has 1 fully saturated rings. The summed E-state index contributed by atoms with van der Waals surface area (Å²) in [4.78, 5) is 11.3. The average molecular weight is 263 g/mol. The molecule has 1 saturated heterocycles. The van der Waals surface area contributed by atoms with Gasteiger partial charge in [0, 0.05) is 13.1 Å². The summed E-state index contributed by atoms with van der Waals surface area (Å²) in [6, 6.07) is 0. The predicted molar refractivity (Wildman–Crippen MR) is 65.2 cm³/mol. The second kappa shape index (κ2) is 4.24. The molecule has 6 heteroatoms. The molecule has 0 aliphatic carbocycles. The molecular weight excluding hydrogens is 242 g/mol. The van der Waals surface area contributed by atoms with Gasteiger partial charge < -0.3 is 5.11 Å². The van der Waals surface area contributed by atoms with Gasteiger partial charge in [-0.3, -0.25) is 4.79 Å². The molecule has 100 valence electrons. The van der Waals surface area contributed by atoms with Gasteiger partial charge in [0.1, 0.15) is 0 Å². The zero-order chi connectivity index (χ0) is 13.5. The molecule has 1 heterocycles. The normalized spacial score (nSPS) is 27.3. The summed E-state index contributed by atoms with van der Waals surface area (Å²) in [5.74, 6) is -0.897. The fourth-order valence-electron chi connectivity index (χ4n) is 2.04. The minimum atomic E-state index is -3.42. The second-order valence-electron chi connectivity index (χ2n) is 5.64. The van der Waals surface area contributed by atoms with E-state index in [4.69, 9.17) is 0 Å². The maximum Gasteiger partial charge on any atom is 0.311 e. The van der Waals surface area contributed by atoms with Crippen molar-refractivity contribution in [2.75, 3.05) is 13.1 Å². The van der Waals surface area contributed by atoms with E-state index in [-0.39, 0.29) is 6.54 Å². The van der Waals surface area contributed by atoms with E-state index in [1.807, 2.05) is 0 Å². The molecule has 0 aromatic heterocycles. The fraction of sp³-hybridized carbons (Fsp3) is 0.909. The van der Waals surface area contributed by atoms with E-state index < -0.39 is 26.2 Å². The van der Waals surface area contributed by atoms with Crippen molar-refractivity contribution in [3.8, 4) is 0 Å². The van der Waals surface area contributed by atoms with Crippen LogP contribution in [0.25, 0.3) is 0 Å². The van der Waals surface area contributed by atoms with Gasteiger partial charge in [0.2, 0.25) is 10.0 Å². The average Bonchev–Trinajstić information content (AvgIpc) is 2.61. The molecule has 0 bridgehead atoms. The Morgan fingerprint density at radius 2 is 1.94 bits per heavy atom. The molecule has 1 rings (SSSR count). The number of carbonyl (C=O) groups is 1. The Bertz CT molecular complexity index is 410. The van der Waals surface area contributed by atoms with E-state index in [0.717, 1.165) is 0 Å². The molecule has 1 aliphatic heterocycles. The molecule has 1 aliphatic rings. The Kier molecular flexibility index (Phi) is 3.60. The van der Waals surface area contributed by atoms with Gasteiger partial charge in [0.05, 0.1) is 10.2 Å². The number of carboxylic acid groups (broad SMARTS) is 1. The van der Waals surface area contributed by atoms with Crippen molar-refractivity contribution >= 4 is 16.0 Å². The Balaban J connectivity index is 2.99. The standard InChI is InChI=1S/C11H21NO4S/c1-5-11(9(13)14)6-7-12(8-11)17(15,16)10(2,3)4/h5-8H2,1-4H3,(H,13,14). The quantitative estimate of drug-likeness (QED) is 0.833. The molecule has 0 amide bonds. The summed E-state index contributed by atoms with van der Waals surface area (Å²) in [6.45, 7) is 7.10. The van der Waals surface area contributed by atoms with Crippen LogP contribution < -0.4 is 0 Å². The number of hydrogen-bond acceptors (Lipinski definition) is 3. The van der Waals surface area contributed by atoms with Crippen LogP contribution in [0.3, 0.4) is 0 Å². The minimum Gasteiger partial charge on any atom is -0.481 e. The topological polar surface area (TPSA) is 74.7 Å². The Labute approximate surface area is 103 Å². The number of carboxylic acids is 1. The molecule has 17 heavy (non-hydrogen) atoms. The maximum absolute atomic E-state index is 12.2. The summed E-state index contributed by atoms with van der Waals surface area (Å²) in [5.41, 5.74) is -0.904. The fourth-order valence-corrected chi connectivity index (χ4v) is 3.56. The SMILES string of the molecule is CCC1(C(=O)O)CCN(S(=O)(=O)C(C)(C)C)C1. The minimum absolute atomic E-state index is 0.0957. The Morgan fingerprint density at radius 3 is 2.24 bits per heavy atom. The van der Waals surface area contributed by atoms with Crippen LogP contribution in [0.4, 0.5) is 0 Å². The zero-order valence-electron chi connectivity index (χ0n) is 10.9. The van der Waals surface area contributed by atoms with E-state index in [1.54, 1.807) is 27.7 Å². The first-order valence-corrected chi connectivity index (χ1v) is 7.24. The van der Waals surface area contributed by atoms with Crippen molar-refractivity contribution in [1.82, 2.24) is 4.31 Å². The van der Waals surface area contributed by atoms with Gasteiger partial charge in [-0.2, -0.15) is 0 Å². The van der Waals surface area contributed by atoms with Gasteiger partial charge in [-0.15, -0.1) is 0 Å². The predicted octanol–water partition coefficient (Wildman–Crippen LogP) is 1.30. The zero-order valence-corrected chi connectivity index (χ0v) is 11.7. The van der Waals surface area contributed by atoms with Crippen molar-refractivity contribution in [3.05, 3.63) is 0 Å². The lowest BCUT2D eigenvalue weighted by molar-refractivity contribution is -0.148. The molecule has 0 radical (unpaired) electrons. The monoisotopic (exact) mass is 263 g/mol. The maximum atomic E-state index is 12.2. The van der Waals surface area contributed by atoms with Crippen LogP contribution in [0, 0.1) is 5.41 Å². The lowest BCUT2D eigenvalue weighted by Crippen LogP contribution is -2.43. The van der Waals surface area contributed by atoms with Crippen molar-refractivity contribution in [1.29, 1.82) is 0 Å². The molecule has 1 atom stereocenters. The first-order chi connectivity index (χ1) is 7.57. The lowest BCUT2D eigenvalue weighted by atomic mass is 9.85. The Morgan fingerprint density at radius 1 is 1.41 bits per heavy atom. The van der Waals surface area contributed by atoms with Crippen LogP contribution in [0.2, 0.25) is 0 Å². The Hall–Kier alpha value is -0.620. The lowest BCUT2D eigenvalue weighted by Gasteiger charge is -2.28. The number of sulfonamides is 1. The smallest absolute Gasteiger partial charge is 0.311 e. The van der Waals surface area contributed by atoms with Crippen LogP contribution >= 0.6 is 0 Å². The van der Waals surface area contributed by atoms with Crippen molar-refractivity contribution in [3.63, 3.8) is 0 Å². The molecule has 5 nitrogen and oxygen atoms in total. The third-order valence-corrected chi connectivity index (χ3v) is 6.10. The third kappa shape index (κ3) is 2.33. The van der Waals surface area contributed by atoms with Gasteiger partial charge in [0.15, 0.2) is 0 Å². The molecule has 0 saturated carbocycles. The first kappa shape index (κ1) is 14.4. The molecule has 0 aromatic rings. The molecule has 0 spiro atoms. The highest BCUT2D eigenvalue weighted by atomic mass is 32.2. The van der Waals surface area contributed by atoms with Crippen molar-refractivity contribution in [2.45, 2.75) is 45.3 Å². The highest BCUT2D eigenvalue weighted by Crippen LogP contribution is 2.37. The summed E-state index contributed by atoms with van der Waals surface area (Å²) >= 11 is 0. The first-order valence-electron chi connectivity index (χ1n) is 5.80. The van der Waals surface area contributed by atoms with Gasteiger partial charge in [0.25, 0.3) is 0 Å². The largest absolute Gasteiger partial charge is 0.481 e. The van der Waals surface area contributed by atoms with Gasteiger partial charge in [-0.1, -0.05) is 6.92 Å². The van der Waals surface area contributed by atoms with Crippen LogP contribution in [-0.2, 0) is 14.8 Å². The molecular formula is C11H21NO4S. The van der Waals surface area contributed by atoms with E-state index in [1.165, 1.54) is 4.31 Å². The molecule has 0 aromatic carbocycles. The number of nitrogens with zero attached hydrogens (tertiary/aromatic N) is 1. The van der Waals surface area contributed by atoms with E-state index in [0.29, 0.717) is 19.4 Å². The highest BCUT2D eigenvalue weighted by molar-refractivity contribution is 7.90. The third-order valence-electron chi connectivity index (χ3n) is 3.56. The van der Waals surface area contributed by atoms with E-state index in [9.17, 15) is 18.3 Å². The van der Waals surface area contributed by atoms with Crippen LogP contribution in [0.5, 0.6) is 0 Å². The number of rotatable bonds is 3. The summed E-state index contributed by atoms with van der Waals surface area (Å²) in [6.07, 6.45) is 0.854.